The highest BCUT2D eigenvalue weighted by Crippen LogP contribution is 2.13. The average molecular weight is 1010 g/mol. The van der Waals surface area contributed by atoms with Crippen LogP contribution in [0.3, 0.4) is 0 Å². The maximum absolute atomic E-state index is 14.3. The van der Waals surface area contributed by atoms with E-state index in [2.05, 4.69) is 42.5 Å². The third-order valence-corrected chi connectivity index (χ3v) is 12.1. The highest BCUT2D eigenvalue weighted by molar-refractivity contribution is 5.98. The highest BCUT2D eigenvalue weighted by atomic mass is 16.4. The summed E-state index contributed by atoms with van der Waals surface area (Å²) in [5.74, 6) is -8.62. The van der Waals surface area contributed by atoms with Crippen LogP contribution in [0.25, 0.3) is 0 Å². The van der Waals surface area contributed by atoms with Crippen LogP contribution < -0.4 is 48.3 Å². The van der Waals surface area contributed by atoms with E-state index in [9.17, 15) is 53.4 Å². The van der Waals surface area contributed by atoms with Gasteiger partial charge in [-0.05, 0) is 60.5 Å². The molecule has 400 valence electrons. The number of carboxylic acids is 1. The van der Waals surface area contributed by atoms with Crippen LogP contribution in [0.5, 0.6) is 0 Å². The van der Waals surface area contributed by atoms with Crippen molar-refractivity contribution in [3.05, 3.63) is 71.8 Å². The molecule has 0 heterocycles. The number of rotatable bonds is 30. The first-order valence-corrected chi connectivity index (χ1v) is 24.9. The fraction of sp³-hybridized carbons (Fsp3) is 0.596. The fourth-order valence-electron chi connectivity index (χ4n) is 7.58. The second-order valence-electron chi connectivity index (χ2n) is 20.1. The van der Waals surface area contributed by atoms with Crippen LogP contribution in [0.15, 0.2) is 60.7 Å². The van der Waals surface area contributed by atoms with Gasteiger partial charge in [0.15, 0.2) is 0 Å². The van der Waals surface area contributed by atoms with E-state index in [4.69, 9.17) is 5.73 Å². The van der Waals surface area contributed by atoms with Crippen molar-refractivity contribution in [1.82, 2.24) is 42.5 Å². The van der Waals surface area contributed by atoms with Crippen LogP contribution in [0, 0.1) is 29.6 Å². The van der Waals surface area contributed by atoms with Crippen LogP contribution in [0.4, 0.5) is 0 Å². The number of amides is 8. The first-order chi connectivity index (χ1) is 33.7. The van der Waals surface area contributed by atoms with Crippen LogP contribution in [-0.4, -0.2) is 124 Å². The minimum Gasteiger partial charge on any atom is -0.480 e. The molecule has 2 aromatic rings. The maximum atomic E-state index is 14.3. The number of nitrogens with one attached hydrogen (secondary N) is 8. The van der Waals surface area contributed by atoms with E-state index in [0.29, 0.717) is 17.5 Å². The molecule has 0 fully saturated rings. The minimum atomic E-state index is -1.59. The Bertz CT molecular complexity index is 2100. The zero-order valence-corrected chi connectivity index (χ0v) is 43.7. The quantitative estimate of drug-likeness (QED) is 0.0527. The van der Waals surface area contributed by atoms with Gasteiger partial charge in [-0.3, -0.25) is 38.4 Å². The Morgan fingerprint density at radius 3 is 1.32 bits per heavy atom. The lowest BCUT2D eigenvalue weighted by Gasteiger charge is -2.29. The van der Waals surface area contributed by atoms with Crippen LogP contribution in [0.1, 0.15) is 107 Å². The second kappa shape index (κ2) is 30.5. The van der Waals surface area contributed by atoms with Crippen LogP contribution in [-0.2, 0) is 56.0 Å². The minimum absolute atomic E-state index is 0.000983. The summed E-state index contributed by atoms with van der Waals surface area (Å²) < 4.78 is 0. The molecule has 10 unspecified atom stereocenters. The lowest BCUT2D eigenvalue weighted by Crippen LogP contribution is -2.62. The third-order valence-electron chi connectivity index (χ3n) is 12.1. The molecule has 0 aromatic heterocycles. The molecule has 0 radical (unpaired) electrons. The van der Waals surface area contributed by atoms with Gasteiger partial charge in [0, 0.05) is 12.8 Å². The molecular weight excluding hydrogens is 927 g/mol. The molecule has 0 aliphatic carbocycles. The number of carbonyl (C=O) groups is 9. The van der Waals surface area contributed by atoms with Gasteiger partial charge in [0.25, 0.3) is 0 Å². The molecule has 8 amide bonds. The lowest BCUT2D eigenvalue weighted by molar-refractivity contribution is -0.144. The molecule has 20 heteroatoms. The summed E-state index contributed by atoms with van der Waals surface area (Å²) in [5.41, 5.74) is 7.43. The van der Waals surface area contributed by atoms with Crippen molar-refractivity contribution in [1.29, 1.82) is 0 Å². The Kier molecular flexibility index (Phi) is 26.1. The summed E-state index contributed by atoms with van der Waals surface area (Å²) in [7, 11) is 0. The van der Waals surface area contributed by atoms with E-state index in [1.807, 2.05) is 27.7 Å². The van der Waals surface area contributed by atoms with Gasteiger partial charge >= 0.3 is 5.97 Å². The van der Waals surface area contributed by atoms with Crippen molar-refractivity contribution in [3.8, 4) is 0 Å². The molecule has 0 bridgehead atoms. The van der Waals surface area contributed by atoms with Gasteiger partial charge in [-0.2, -0.15) is 0 Å². The number of hydrogen-bond acceptors (Lipinski definition) is 11. The number of carbonyl (C=O) groups excluding carboxylic acids is 8. The highest BCUT2D eigenvalue weighted by Gasteiger charge is 2.36. The zero-order valence-electron chi connectivity index (χ0n) is 43.7. The van der Waals surface area contributed by atoms with Crippen molar-refractivity contribution in [3.63, 3.8) is 0 Å². The SMILES string of the molecule is CCC(C)C(N)C(=O)NC(CC(C)C)C(=O)NCC(=O)NC(Cc1ccccc1)C(=O)NC(C(=O)NC(Cc1ccccc1)C(=O)NC(CC(C)C)C(=O)NC(C(=O)NC(C(=O)O)C(C)C)C(C)O)C(C)C. The van der Waals surface area contributed by atoms with Crippen molar-refractivity contribution in [2.24, 2.45) is 35.3 Å². The van der Waals surface area contributed by atoms with E-state index in [1.165, 1.54) is 6.92 Å². The maximum Gasteiger partial charge on any atom is 0.326 e. The number of carboxylic acid groups (broad SMARTS) is 1. The summed E-state index contributed by atoms with van der Waals surface area (Å²) >= 11 is 0. The monoisotopic (exact) mass is 1010 g/mol. The van der Waals surface area contributed by atoms with Gasteiger partial charge < -0.3 is 58.5 Å². The zero-order chi connectivity index (χ0) is 54.4. The molecule has 10 atom stereocenters. The Morgan fingerprint density at radius 2 is 0.875 bits per heavy atom. The third kappa shape index (κ3) is 21.1. The van der Waals surface area contributed by atoms with Crippen LogP contribution in [0.2, 0.25) is 0 Å². The predicted molar refractivity (Wildman–Crippen MR) is 272 cm³/mol. The summed E-state index contributed by atoms with van der Waals surface area (Å²) in [4.78, 5) is 122. The summed E-state index contributed by atoms with van der Waals surface area (Å²) in [6.07, 6.45) is -0.540. The number of hydrogen-bond donors (Lipinski definition) is 11. The van der Waals surface area contributed by atoms with Crippen molar-refractivity contribution in [2.75, 3.05) is 6.54 Å². The van der Waals surface area contributed by atoms with Crippen molar-refractivity contribution < 1.29 is 53.4 Å². The van der Waals surface area contributed by atoms with Gasteiger partial charge in [0.2, 0.25) is 47.3 Å². The molecule has 0 aliphatic heterocycles. The van der Waals surface area contributed by atoms with Gasteiger partial charge in [-0.1, -0.05) is 136 Å². The molecule has 12 N–H and O–H groups in total. The number of aliphatic hydroxyl groups excluding tert-OH is 1. The first-order valence-electron chi connectivity index (χ1n) is 24.9. The molecule has 0 spiro atoms. The smallest absolute Gasteiger partial charge is 0.326 e. The van der Waals surface area contributed by atoms with Crippen molar-refractivity contribution >= 4 is 53.2 Å². The molecule has 0 saturated heterocycles. The van der Waals surface area contributed by atoms with E-state index in [-0.39, 0.29) is 43.4 Å². The molecule has 72 heavy (non-hydrogen) atoms. The normalized spacial score (nSPS) is 15.6. The van der Waals surface area contributed by atoms with E-state index in [1.54, 1.807) is 102 Å². The molecule has 2 aromatic carbocycles. The number of aliphatic hydroxyl groups is 1. The Labute approximate surface area is 424 Å². The molecule has 0 saturated carbocycles. The van der Waals surface area contributed by atoms with Gasteiger partial charge in [-0.25, -0.2) is 4.79 Å². The fourth-order valence-corrected chi connectivity index (χ4v) is 7.58. The summed E-state index contributed by atoms with van der Waals surface area (Å²) in [5, 5.41) is 41.1. The molecule has 0 aliphatic rings. The topological polar surface area (TPSA) is 316 Å². The molecular formula is C52H81N9O11. The Morgan fingerprint density at radius 1 is 0.486 bits per heavy atom. The molecule has 2 rings (SSSR count). The summed E-state index contributed by atoms with van der Waals surface area (Å²) in [6.45, 7) is 18.3. The van der Waals surface area contributed by atoms with Crippen molar-refractivity contribution in [2.45, 2.75) is 163 Å². The predicted octanol–water partition coefficient (Wildman–Crippen LogP) is 1.22. The molecule has 20 nitrogen and oxygen atoms in total. The Balaban J connectivity index is 2.39. The summed E-state index contributed by atoms with van der Waals surface area (Å²) in [6, 6.07) is 7.69. The number of nitrogens with two attached hydrogens (primary N) is 1. The number of aliphatic carboxylic acids is 1. The van der Waals surface area contributed by atoms with E-state index in [0.717, 1.165) is 0 Å². The number of benzene rings is 2. The van der Waals surface area contributed by atoms with E-state index < -0.39 is 126 Å². The largest absolute Gasteiger partial charge is 0.480 e. The van der Waals surface area contributed by atoms with Gasteiger partial charge in [0.05, 0.1) is 18.7 Å². The first kappa shape index (κ1) is 61.7. The Hall–Kier alpha value is -6.41. The van der Waals surface area contributed by atoms with E-state index >= 15 is 0 Å². The second-order valence-corrected chi connectivity index (χ2v) is 20.1. The van der Waals surface area contributed by atoms with Crippen LogP contribution >= 0.6 is 0 Å². The van der Waals surface area contributed by atoms with Gasteiger partial charge in [-0.15, -0.1) is 0 Å². The lowest BCUT2D eigenvalue weighted by atomic mass is 9.97. The van der Waals surface area contributed by atoms with Gasteiger partial charge in [0.1, 0.15) is 42.3 Å². The average Bonchev–Trinajstić information content (AvgIpc) is 3.31. The standard InChI is InChI=1S/C52H81N9O11/c1-12-32(10)41(53)49(68)57-36(23-28(2)3)45(64)54-27-40(63)55-38(25-34-19-15-13-16-20-34)48(67)59-42(30(6)7)50(69)58-39(26-35-21-17-14-18-22-35)46(65)56-37(24-29(4)5)47(66)61-44(33(11)62)51(70)60-43(31(8)9)52(71)72/h13-22,28-33,36-39,41-44,62H,12,23-27,53H2,1-11H3,(H,54,64)(H,55,63)(H,56,65)(H,57,68)(H,58,69)(H,59,67)(H,60,70)(H,61,66)(H,71,72).